The Kier molecular flexibility index (Phi) is 4.87. The SMILES string of the molecule is CC1=C(C(=O)N2CCOCC2)C(c2ccc(C)c(C)c2)NC(=S)N1. The number of nitrogens with one attached hydrogen (secondary N) is 2. The molecule has 5 nitrogen and oxygen atoms in total. The minimum atomic E-state index is -0.228. The summed E-state index contributed by atoms with van der Waals surface area (Å²) in [6, 6.07) is 6.05. The summed E-state index contributed by atoms with van der Waals surface area (Å²) < 4.78 is 5.36. The van der Waals surface area contributed by atoms with Gasteiger partial charge in [0.2, 0.25) is 0 Å². The molecule has 2 N–H and O–H groups in total. The van der Waals surface area contributed by atoms with E-state index in [1.165, 1.54) is 11.1 Å². The molecule has 2 aliphatic heterocycles. The average Bonchev–Trinajstić information content (AvgIpc) is 2.57. The smallest absolute Gasteiger partial charge is 0.254 e. The predicted molar refractivity (Wildman–Crippen MR) is 97.6 cm³/mol. The summed E-state index contributed by atoms with van der Waals surface area (Å²) in [7, 11) is 0. The van der Waals surface area contributed by atoms with Crippen LogP contribution in [0.2, 0.25) is 0 Å². The van der Waals surface area contributed by atoms with E-state index in [0.717, 1.165) is 16.8 Å². The molecule has 1 fully saturated rings. The Labute approximate surface area is 148 Å². The fraction of sp³-hybridized carbons (Fsp3) is 0.444. The van der Waals surface area contributed by atoms with Crippen molar-refractivity contribution in [2.45, 2.75) is 26.8 Å². The molecule has 128 valence electrons. The van der Waals surface area contributed by atoms with Gasteiger partial charge in [0.1, 0.15) is 0 Å². The van der Waals surface area contributed by atoms with Gasteiger partial charge in [-0.3, -0.25) is 4.79 Å². The first-order valence-corrected chi connectivity index (χ1v) is 8.60. The number of ether oxygens (including phenoxy) is 1. The van der Waals surface area contributed by atoms with Crippen molar-refractivity contribution in [3.63, 3.8) is 0 Å². The highest BCUT2D eigenvalue weighted by Gasteiger charge is 2.33. The van der Waals surface area contributed by atoms with Gasteiger partial charge in [-0.1, -0.05) is 18.2 Å². The zero-order valence-corrected chi connectivity index (χ0v) is 15.1. The van der Waals surface area contributed by atoms with E-state index >= 15 is 0 Å². The van der Waals surface area contributed by atoms with Crippen LogP contribution in [0.5, 0.6) is 0 Å². The van der Waals surface area contributed by atoms with E-state index in [0.29, 0.717) is 31.4 Å². The molecular weight excluding hydrogens is 322 g/mol. The van der Waals surface area contributed by atoms with Crippen LogP contribution in [0.25, 0.3) is 0 Å². The molecule has 1 unspecified atom stereocenters. The number of benzene rings is 1. The Morgan fingerprint density at radius 3 is 2.58 bits per heavy atom. The number of thiocarbonyl (C=S) groups is 1. The van der Waals surface area contributed by atoms with Gasteiger partial charge in [0.25, 0.3) is 5.91 Å². The highest BCUT2D eigenvalue weighted by atomic mass is 32.1. The van der Waals surface area contributed by atoms with Gasteiger partial charge in [-0.25, -0.2) is 0 Å². The summed E-state index contributed by atoms with van der Waals surface area (Å²) in [5.74, 6) is 0.0431. The molecule has 0 spiro atoms. The summed E-state index contributed by atoms with van der Waals surface area (Å²) in [5.41, 5.74) is 5.04. The first-order valence-electron chi connectivity index (χ1n) is 8.20. The molecule has 3 rings (SSSR count). The number of aryl methyl sites for hydroxylation is 2. The van der Waals surface area contributed by atoms with Gasteiger partial charge in [0, 0.05) is 18.8 Å². The molecule has 1 atom stereocenters. The van der Waals surface area contributed by atoms with E-state index in [4.69, 9.17) is 17.0 Å². The lowest BCUT2D eigenvalue weighted by Crippen LogP contribution is -2.49. The third kappa shape index (κ3) is 3.30. The van der Waals surface area contributed by atoms with Gasteiger partial charge in [-0.15, -0.1) is 0 Å². The first kappa shape index (κ1) is 16.9. The van der Waals surface area contributed by atoms with Gasteiger partial charge in [0.15, 0.2) is 5.11 Å². The molecule has 0 aliphatic carbocycles. The lowest BCUT2D eigenvalue weighted by molar-refractivity contribution is -0.131. The number of allylic oxidation sites excluding steroid dienone is 1. The lowest BCUT2D eigenvalue weighted by Gasteiger charge is -2.35. The predicted octanol–water partition coefficient (Wildman–Crippen LogP) is 1.96. The molecule has 1 aromatic carbocycles. The third-order valence-corrected chi connectivity index (χ3v) is 4.88. The second kappa shape index (κ2) is 6.91. The first-order chi connectivity index (χ1) is 11.5. The number of carbonyl (C=O) groups is 1. The van der Waals surface area contributed by atoms with Crippen molar-refractivity contribution in [1.82, 2.24) is 15.5 Å². The summed E-state index contributed by atoms with van der Waals surface area (Å²) in [4.78, 5) is 15.0. The molecule has 0 aromatic heterocycles. The van der Waals surface area contributed by atoms with Crippen molar-refractivity contribution in [3.05, 3.63) is 46.2 Å². The van der Waals surface area contributed by atoms with Gasteiger partial charge in [-0.05, 0) is 49.7 Å². The van der Waals surface area contributed by atoms with Gasteiger partial charge in [0.05, 0.1) is 24.8 Å². The summed E-state index contributed by atoms with van der Waals surface area (Å²) in [6.07, 6.45) is 0. The molecule has 1 amide bonds. The second-order valence-electron chi connectivity index (χ2n) is 6.32. The summed E-state index contributed by atoms with van der Waals surface area (Å²) in [6.45, 7) is 8.50. The van der Waals surface area contributed by atoms with Crippen LogP contribution in [0.4, 0.5) is 0 Å². The van der Waals surface area contributed by atoms with Crippen LogP contribution in [0.15, 0.2) is 29.5 Å². The second-order valence-corrected chi connectivity index (χ2v) is 6.73. The number of hydrogen-bond donors (Lipinski definition) is 2. The molecule has 0 bridgehead atoms. The van der Waals surface area contributed by atoms with E-state index in [1.807, 2.05) is 11.8 Å². The quantitative estimate of drug-likeness (QED) is 0.803. The van der Waals surface area contributed by atoms with Crippen molar-refractivity contribution < 1.29 is 9.53 Å². The molecule has 2 heterocycles. The minimum Gasteiger partial charge on any atom is -0.378 e. The monoisotopic (exact) mass is 345 g/mol. The number of nitrogens with zero attached hydrogens (tertiary/aromatic N) is 1. The molecular formula is C18H23N3O2S. The van der Waals surface area contributed by atoms with Crippen LogP contribution >= 0.6 is 12.2 Å². The van der Waals surface area contributed by atoms with Crippen LogP contribution in [0.3, 0.4) is 0 Å². The molecule has 0 saturated carbocycles. The van der Waals surface area contributed by atoms with E-state index in [1.54, 1.807) is 0 Å². The number of morpholine rings is 1. The van der Waals surface area contributed by atoms with Crippen LogP contribution in [0.1, 0.15) is 29.7 Å². The molecule has 2 aliphatic rings. The summed E-state index contributed by atoms with van der Waals surface area (Å²) >= 11 is 5.31. The van der Waals surface area contributed by atoms with Crippen LogP contribution < -0.4 is 10.6 Å². The van der Waals surface area contributed by atoms with Crippen molar-refractivity contribution in [2.75, 3.05) is 26.3 Å². The maximum atomic E-state index is 13.1. The Morgan fingerprint density at radius 2 is 1.92 bits per heavy atom. The van der Waals surface area contributed by atoms with Crippen molar-refractivity contribution >= 4 is 23.2 Å². The van der Waals surface area contributed by atoms with Crippen molar-refractivity contribution in [3.8, 4) is 0 Å². The standard InChI is InChI=1S/C18H23N3O2S/c1-11-4-5-14(10-12(11)2)16-15(13(3)19-18(24)20-16)17(22)21-6-8-23-9-7-21/h4-5,10,16H,6-9H2,1-3H3,(H2,19,20,24). The zero-order chi connectivity index (χ0) is 17.3. The van der Waals surface area contributed by atoms with E-state index < -0.39 is 0 Å². The maximum absolute atomic E-state index is 13.1. The van der Waals surface area contributed by atoms with Gasteiger partial charge >= 0.3 is 0 Å². The van der Waals surface area contributed by atoms with Crippen LogP contribution in [-0.4, -0.2) is 42.2 Å². The molecule has 6 heteroatoms. The third-order valence-electron chi connectivity index (χ3n) is 4.66. The zero-order valence-electron chi connectivity index (χ0n) is 14.3. The Morgan fingerprint density at radius 1 is 1.21 bits per heavy atom. The maximum Gasteiger partial charge on any atom is 0.254 e. The largest absolute Gasteiger partial charge is 0.378 e. The van der Waals surface area contributed by atoms with E-state index in [-0.39, 0.29) is 11.9 Å². The van der Waals surface area contributed by atoms with E-state index in [2.05, 4.69) is 42.7 Å². The highest BCUT2D eigenvalue weighted by Crippen LogP contribution is 2.29. The molecule has 1 aromatic rings. The van der Waals surface area contributed by atoms with E-state index in [9.17, 15) is 4.79 Å². The Bertz CT molecular complexity index is 708. The van der Waals surface area contributed by atoms with Crippen molar-refractivity contribution in [1.29, 1.82) is 0 Å². The van der Waals surface area contributed by atoms with Crippen LogP contribution in [0, 0.1) is 13.8 Å². The highest BCUT2D eigenvalue weighted by molar-refractivity contribution is 7.80. The number of carbonyl (C=O) groups excluding carboxylic acids is 1. The Hall–Kier alpha value is -1.92. The summed E-state index contributed by atoms with van der Waals surface area (Å²) in [5, 5.41) is 6.91. The number of hydrogen-bond acceptors (Lipinski definition) is 3. The van der Waals surface area contributed by atoms with Gasteiger partial charge in [-0.2, -0.15) is 0 Å². The molecule has 24 heavy (non-hydrogen) atoms. The molecule has 0 radical (unpaired) electrons. The average molecular weight is 345 g/mol. The van der Waals surface area contributed by atoms with Gasteiger partial charge < -0.3 is 20.3 Å². The Balaban J connectivity index is 1.98. The van der Waals surface area contributed by atoms with Crippen LogP contribution in [-0.2, 0) is 9.53 Å². The fourth-order valence-corrected chi connectivity index (χ4v) is 3.38. The fourth-order valence-electron chi connectivity index (χ4n) is 3.11. The number of rotatable bonds is 2. The number of amides is 1. The van der Waals surface area contributed by atoms with Crippen molar-refractivity contribution in [2.24, 2.45) is 0 Å². The lowest BCUT2D eigenvalue weighted by atomic mass is 9.92. The molecule has 1 saturated heterocycles. The minimum absolute atomic E-state index is 0.0431. The topological polar surface area (TPSA) is 53.6 Å². The normalized spacial score (nSPS) is 21.4.